The number of ether oxygens (including phenoxy) is 2. The molecule has 1 unspecified atom stereocenters. The third-order valence-electron chi connectivity index (χ3n) is 2.43. The molecule has 0 amide bonds. The summed E-state index contributed by atoms with van der Waals surface area (Å²) in [5.74, 6) is 0.231. The second-order valence-corrected chi connectivity index (χ2v) is 3.81. The van der Waals surface area contributed by atoms with Gasteiger partial charge in [-0.1, -0.05) is 6.92 Å². The Labute approximate surface area is 107 Å². The molecule has 0 bridgehead atoms. The second kappa shape index (κ2) is 6.79. The van der Waals surface area contributed by atoms with Crippen LogP contribution in [0.4, 0.5) is 0 Å². The van der Waals surface area contributed by atoms with Gasteiger partial charge in [-0.05, 0) is 38.1 Å². The summed E-state index contributed by atoms with van der Waals surface area (Å²) >= 11 is 0. The summed E-state index contributed by atoms with van der Waals surface area (Å²) in [5.41, 5.74) is 0.647. The molecule has 0 aromatic heterocycles. The smallest absolute Gasteiger partial charge is 0.347 e. The van der Waals surface area contributed by atoms with Crippen molar-refractivity contribution in [1.82, 2.24) is 0 Å². The van der Waals surface area contributed by atoms with E-state index in [4.69, 9.17) is 9.47 Å². The van der Waals surface area contributed by atoms with E-state index in [0.717, 1.165) is 0 Å². The molecule has 0 spiro atoms. The number of benzene rings is 1. The Morgan fingerprint density at radius 3 is 2.28 bits per heavy atom. The molecule has 0 aliphatic heterocycles. The molecular formula is C14H18O4. The number of Topliss-reactive ketones (excluding diaryl/α,β-unsaturated/α-hetero) is 1. The molecular weight excluding hydrogens is 232 g/mol. The predicted molar refractivity (Wildman–Crippen MR) is 67.8 cm³/mol. The first kappa shape index (κ1) is 14.2. The fourth-order valence-electron chi connectivity index (χ4n) is 1.44. The molecule has 0 radical (unpaired) electrons. The molecule has 0 heterocycles. The maximum atomic E-state index is 11.4. The van der Waals surface area contributed by atoms with Crippen LogP contribution in [0, 0.1) is 0 Å². The monoisotopic (exact) mass is 250 g/mol. The van der Waals surface area contributed by atoms with Gasteiger partial charge >= 0.3 is 5.97 Å². The molecule has 1 rings (SSSR count). The van der Waals surface area contributed by atoms with Crippen molar-refractivity contribution in [2.45, 2.75) is 33.3 Å². The number of hydrogen-bond acceptors (Lipinski definition) is 4. The zero-order valence-electron chi connectivity index (χ0n) is 10.9. The van der Waals surface area contributed by atoms with Crippen molar-refractivity contribution in [3.63, 3.8) is 0 Å². The first-order valence-corrected chi connectivity index (χ1v) is 6.05. The average molecular weight is 250 g/mol. The highest BCUT2D eigenvalue weighted by molar-refractivity contribution is 5.95. The lowest BCUT2D eigenvalue weighted by Gasteiger charge is -2.13. The summed E-state index contributed by atoms with van der Waals surface area (Å²) in [6, 6.07) is 6.75. The third-order valence-corrected chi connectivity index (χ3v) is 2.43. The standard InChI is InChI=1S/C14H18O4/c1-4-13(15)11-6-8-12(9-7-11)18-10(3)14(16)17-5-2/h6-10H,4-5H2,1-3H3. The molecule has 98 valence electrons. The fraction of sp³-hybridized carbons (Fsp3) is 0.429. The van der Waals surface area contributed by atoms with E-state index in [2.05, 4.69) is 0 Å². The SMILES string of the molecule is CCOC(=O)C(C)Oc1ccc(C(=O)CC)cc1. The molecule has 1 aromatic rings. The molecule has 4 heteroatoms. The van der Waals surface area contributed by atoms with Crippen molar-refractivity contribution in [1.29, 1.82) is 0 Å². The molecule has 18 heavy (non-hydrogen) atoms. The molecule has 0 aliphatic rings. The predicted octanol–water partition coefficient (Wildman–Crippen LogP) is 2.61. The van der Waals surface area contributed by atoms with Crippen molar-refractivity contribution >= 4 is 11.8 Å². The maximum Gasteiger partial charge on any atom is 0.347 e. The van der Waals surface area contributed by atoms with Gasteiger partial charge in [0.25, 0.3) is 0 Å². The van der Waals surface area contributed by atoms with E-state index in [0.29, 0.717) is 24.3 Å². The van der Waals surface area contributed by atoms with E-state index in [-0.39, 0.29) is 5.78 Å². The van der Waals surface area contributed by atoms with Gasteiger partial charge in [0.05, 0.1) is 6.61 Å². The van der Waals surface area contributed by atoms with Crippen LogP contribution in [0.5, 0.6) is 5.75 Å². The molecule has 0 N–H and O–H groups in total. The molecule has 0 saturated heterocycles. The third kappa shape index (κ3) is 3.87. The quantitative estimate of drug-likeness (QED) is 0.575. The number of hydrogen-bond donors (Lipinski definition) is 0. The van der Waals surface area contributed by atoms with Gasteiger partial charge in [0.15, 0.2) is 11.9 Å². The van der Waals surface area contributed by atoms with Crippen LogP contribution in [0.3, 0.4) is 0 Å². The van der Waals surface area contributed by atoms with Crippen LogP contribution in [0.1, 0.15) is 37.6 Å². The van der Waals surface area contributed by atoms with E-state index in [1.54, 1.807) is 38.1 Å². The average Bonchev–Trinajstić information content (AvgIpc) is 2.39. The molecule has 0 fully saturated rings. The van der Waals surface area contributed by atoms with Crippen molar-refractivity contribution in [3.05, 3.63) is 29.8 Å². The number of esters is 1. The highest BCUT2D eigenvalue weighted by atomic mass is 16.6. The first-order chi connectivity index (χ1) is 8.58. The van der Waals surface area contributed by atoms with E-state index in [1.165, 1.54) is 0 Å². The van der Waals surface area contributed by atoms with Gasteiger partial charge in [-0.2, -0.15) is 0 Å². The van der Waals surface area contributed by atoms with Crippen LogP contribution < -0.4 is 4.74 Å². The van der Waals surface area contributed by atoms with Crippen LogP contribution >= 0.6 is 0 Å². The highest BCUT2D eigenvalue weighted by Gasteiger charge is 2.15. The first-order valence-electron chi connectivity index (χ1n) is 6.05. The van der Waals surface area contributed by atoms with E-state index >= 15 is 0 Å². The minimum atomic E-state index is -0.655. The molecule has 0 saturated carbocycles. The molecule has 4 nitrogen and oxygen atoms in total. The number of rotatable bonds is 6. The Kier molecular flexibility index (Phi) is 5.36. The van der Waals surface area contributed by atoms with Crippen molar-refractivity contribution < 1.29 is 19.1 Å². The normalized spacial score (nSPS) is 11.7. The Hall–Kier alpha value is -1.84. The van der Waals surface area contributed by atoms with Crippen molar-refractivity contribution in [2.75, 3.05) is 6.61 Å². The van der Waals surface area contributed by atoms with Gasteiger partial charge in [0.2, 0.25) is 0 Å². The molecule has 1 aromatic carbocycles. The zero-order chi connectivity index (χ0) is 13.5. The van der Waals surface area contributed by atoms with Crippen LogP contribution in [0.2, 0.25) is 0 Å². The van der Waals surface area contributed by atoms with Gasteiger partial charge in [0.1, 0.15) is 5.75 Å². The maximum absolute atomic E-state index is 11.4. The minimum absolute atomic E-state index is 0.0833. The summed E-state index contributed by atoms with van der Waals surface area (Å²) in [6.45, 7) is 5.52. The largest absolute Gasteiger partial charge is 0.479 e. The lowest BCUT2D eigenvalue weighted by atomic mass is 10.1. The summed E-state index contributed by atoms with van der Waals surface area (Å²) in [5, 5.41) is 0. The van der Waals surface area contributed by atoms with Gasteiger partial charge in [-0.15, -0.1) is 0 Å². The van der Waals surface area contributed by atoms with E-state index in [9.17, 15) is 9.59 Å². The minimum Gasteiger partial charge on any atom is -0.479 e. The van der Waals surface area contributed by atoms with Crippen LogP contribution in [0.25, 0.3) is 0 Å². The molecule has 1 atom stereocenters. The molecule has 0 aliphatic carbocycles. The van der Waals surface area contributed by atoms with E-state index in [1.807, 2.05) is 6.92 Å². The van der Waals surface area contributed by atoms with Gasteiger partial charge in [-0.25, -0.2) is 4.79 Å². The summed E-state index contributed by atoms with van der Waals surface area (Å²) in [6.07, 6.45) is -0.183. The Bertz CT molecular complexity index is 408. The lowest BCUT2D eigenvalue weighted by molar-refractivity contribution is -0.150. The number of carbonyl (C=O) groups excluding carboxylic acids is 2. The number of carbonyl (C=O) groups is 2. The Balaban J connectivity index is 2.63. The summed E-state index contributed by atoms with van der Waals surface area (Å²) in [7, 11) is 0. The van der Waals surface area contributed by atoms with Crippen LogP contribution in [-0.2, 0) is 9.53 Å². The van der Waals surface area contributed by atoms with Crippen molar-refractivity contribution in [3.8, 4) is 5.75 Å². The second-order valence-electron chi connectivity index (χ2n) is 3.81. The van der Waals surface area contributed by atoms with Gasteiger partial charge in [0, 0.05) is 12.0 Å². The van der Waals surface area contributed by atoms with Gasteiger partial charge < -0.3 is 9.47 Å². The van der Waals surface area contributed by atoms with Crippen LogP contribution in [-0.4, -0.2) is 24.5 Å². The Morgan fingerprint density at radius 1 is 1.17 bits per heavy atom. The Morgan fingerprint density at radius 2 is 1.78 bits per heavy atom. The van der Waals surface area contributed by atoms with Crippen molar-refractivity contribution in [2.24, 2.45) is 0 Å². The summed E-state index contributed by atoms with van der Waals surface area (Å²) in [4.78, 5) is 22.8. The number of ketones is 1. The topological polar surface area (TPSA) is 52.6 Å². The lowest BCUT2D eigenvalue weighted by Crippen LogP contribution is -2.26. The summed E-state index contributed by atoms with van der Waals surface area (Å²) < 4.78 is 10.2. The van der Waals surface area contributed by atoms with Gasteiger partial charge in [-0.3, -0.25) is 4.79 Å². The highest BCUT2D eigenvalue weighted by Crippen LogP contribution is 2.15. The van der Waals surface area contributed by atoms with Crippen LogP contribution in [0.15, 0.2) is 24.3 Å². The fourth-order valence-corrected chi connectivity index (χ4v) is 1.44. The zero-order valence-corrected chi connectivity index (χ0v) is 10.9. The van der Waals surface area contributed by atoms with E-state index < -0.39 is 12.1 Å².